The predicted octanol–water partition coefficient (Wildman–Crippen LogP) is 3.70. The van der Waals surface area contributed by atoms with E-state index in [1.165, 1.54) is 15.9 Å². The number of thiazole rings is 1. The molecule has 0 radical (unpaired) electrons. The van der Waals surface area contributed by atoms with Crippen LogP contribution in [-0.2, 0) is 0 Å². The molecule has 4 aromatic rings. The molecule has 0 saturated heterocycles. The molecule has 0 atom stereocenters. The first-order valence-corrected chi connectivity index (χ1v) is 10.2. The van der Waals surface area contributed by atoms with Gasteiger partial charge in [-0.25, -0.2) is 0 Å². The Bertz CT molecular complexity index is 1540. The van der Waals surface area contributed by atoms with Crippen molar-refractivity contribution >= 4 is 33.8 Å². The number of hydrogen-bond acceptors (Lipinski definition) is 4. The molecule has 4 rings (SSSR count). The first-order valence-electron chi connectivity index (χ1n) is 9.37. The van der Waals surface area contributed by atoms with Gasteiger partial charge < -0.3 is 0 Å². The van der Waals surface area contributed by atoms with E-state index >= 15 is 0 Å². The van der Waals surface area contributed by atoms with Gasteiger partial charge in [-0.15, -0.1) is 11.3 Å². The Morgan fingerprint density at radius 3 is 2.47 bits per heavy atom. The third kappa shape index (κ3) is 3.33. The van der Waals surface area contributed by atoms with E-state index in [1.807, 2.05) is 92.7 Å². The normalized spacial score (nSPS) is 11.3. The maximum atomic E-state index is 13.4. The second-order valence-corrected chi connectivity index (χ2v) is 8.04. The van der Waals surface area contributed by atoms with E-state index in [1.54, 1.807) is 0 Å². The number of nitrogens with zero attached hydrogens (tertiary/aromatic N) is 3. The molecule has 0 amide bonds. The van der Waals surface area contributed by atoms with Crippen LogP contribution in [0.5, 0.6) is 0 Å². The lowest BCUT2D eigenvalue weighted by atomic mass is 10.0. The van der Waals surface area contributed by atoms with Crippen LogP contribution in [-0.4, -0.2) is 4.57 Å². The van der Waals surface area contributed by atoms with Gasteiger partial charge >= 0.3 is 0 Å². The molecule has 3 aromatic carbocycles. The molecule has 0 aliphatic carbocycles. The summed E-state index contributed by atoms with van der Waals surface area (Å²) in [6, 6.07) is 23.5. The predicted molar refractivity (Wildman–Crippen MR) is 121 cm³/mol. The number of nitriles is 2. The molecule has 5 heteroatoms. The zero-order chi connectivity index (χ0) is 21.3. The fraction of sp³-hybridized carbons (Fsp3) is 0.0800. The molecular weight excluding hydrogens is 390 g/mol. The van der Waals surface area contributed by atoms with Crippen molar-refractivity contribution in [3.05, 3.63) is 96.9 Å². The summed E-state index contributed by atoms with van der Waals surface area (Å²) in [6.45, 7) is 3.90. The molecule has 1 heterocycles. The number of benzene rings is 3. The largest absolute Gasteiger partial charge is 0.273 e. The van der Waals surface area contributed by atoms with Crippen LogP contribution >= 0.6 is 11.3 Å². The highest BCUT2D eigenvalue weighted by Gasteiger charge is 2.13. The third-order valence-electron chi connectivity index (χ3n) is 4.96. The average Bonchev–Trinajstić information content (AvgIpc) is 3.05. The van der Waals surface area contributed by atoms with Crippen molar-refractivity contribution in [3.8, 4) is 17.8 Å². The minimum Gasteiger partial charge on any atom is -0.267 e. The van der Waals surface area contributed by atoms with Gasteiger partial charge in [0.05, 0.1) is 10.2 Å². The Morgan fingerprint density at radius 1 is 1.00 bits per heavy atom. The molecule has 0 saturated carbocycles. The Morgan fingerprint density at radius 2 is 1.73 bits per heavy atom. The average molecular weight is 407 g/mol. The molecule has 0 N–H and O–H groups in total. The topological polar surface area (TPSA) is 69.6 Å². The molecule has 0 spiro atoms. The Kier molecular flexibility index (Phi) is 5.06. The van der Waals surface area contributed by atoms with Crippen LogP contribution in [0, 0.1) is 36.5 Å². The van der Waals surface area contributed by atoms with Gasteiger partial charge in [0, 0.05) is 0 Å². The highest BCUT2D eigenvalue weighted by molar-refractivity contribution is 7.07. The zero-order valence-electron chi connectivity index (χ0n) is 16.5. The van der Waals surface area contributed by atoms with Crippen LogP contribution in [0.1, 0.15) is 16.7 Å². The fourth-order valence-electron chi connectivity index (χ4n) is 3.56. The zero-order valence-corrected chi connectivity index (χ0v) is 17.3. The maximum Gasteiger partial charge on any atom is 0.273 e. The summed E-state index contributed by atoms with van der Waals surface area (Å²) in [7, 11) is 0. The summed E-state index contributed by atoms with van der Waals surface area (Å²) in [5.41, 5.74) is 3.27. The molecule has 0 aliphatic heterocycles. The van der Waals surface area contributed by atoms with Gasteiger partial charge in [0.25, 0.3) is 5.56 Å². The Labute approximate surface area is 177 Å². The van der Waals surface area contributed by atoms with Crippen molar-refractivity contribution in [1.29, 1.82) is 10.5 Å². The lowest BCUT2D eigenvalue weighted by molar-refractivity contribution is 0.973. The summed E-state index contributed by atoms with van der Waals surface area (Å²) in [5, 5.41) is 21.1. The second kappa shape index (κ2) is 7.83. The summed E-state index contributed by atoms with van der Waals surface area (Å²) in [5.74, 6) is 0. The van der Waals surface area contributed by atoms with Gasteiger partial charge in [0.15, 0.2) is 5.57 Å². The van der Waals surface area contributed by atoms with Crippen LogP contribution in [0.3, 0.4) is 0 Å². The fourth-order valence-corrected chi connectivity index (χ4v) is 4.60. The molecule has 0 unspecified atom stereocenters. The van der Waals surface area contributed by atoms with Crippen LogP contribution in [0.25, 0.3) is 28.1 Å². The molecule has 144 valence electrons. The molecule has 0 fully saturated rings. The Balaban J connectivity index is 2.11. The minimum absolute atomic E-state index is 0.0744. The monoisotopic (exact) mass is 407 g/mol. The van der Waals surface area contributed by atoms with Crippen molar-refractivity contribution < 1.29 is 0 Å². The number of aryl methyl sites for hydroxylation is 2. The van der Waals surface area contributed by atoms with Gasteiger partial charge in [0.2, 0.25) is 0 Å². The lowest BCUT2D eigenvalue weighted by Gasteiger charge is -2.07. The van der Waals surface area contributed by atoms with E-state index in [2.05, 4.69) is 0 Å². The van der Waals surface area contributed by atoms with Gasteiger partial charge in [0.1, 0.15) is 16.8 Å². The van der Waals surface area contributed by atoms with Crippen LogP contribution in [0.4, 0.5) is 0 Å². The van der Waals surface area contributed by atoms with Crippen molar-refractivity contribution in [1.82, 2.24) is 4.57 Å². The van der Waals surface area contributed by atoms with Crippen molar-refractivity contribution in [2.75, 3.05) is 0 Å². The summed E-state index contributed by atoms with van der Waals surface area (Å²) in [6.07, 6.45) is 1.84. The van der Waals surface area contributed by atoms with Gasteiger partial charge in [-0.05, 0) is 47.9 Å². The molecule has 1 aromatic heterocycles. The standard InChI is InChI=1S/C25H17N3OS/c1-16-10-11-22(17(2)12-16)28-24(29)23(30-25(28)20(14-26)15-27)13-19-8-5-7-18-6-3-4-9-21(18)19/h3-13H,1-2H3/b23-13+. The summed E-state index contributed by atoms with van der Waals surface area (Å²) < 4.78 is 2.31. The number of aromatic nitrogens is 1. The van der Waals surface area contributed by atoms with Gasteiger partial charge in [-0.3, -0.25) is 9.36 Å². The van der Waals surface area contributed by atoms with E-state index in [-0.39, 0.29) is 11.1 Å². The van der Waals surface area contributed by atoms with Crippen molar-refractivity contribution in [2.45, 2.75) is 13.8 Å². The van der Waals surface area contributed by atoms with Gasteiger partial charge in [-0.2, -0.15) is 10.5 Å². The molecule has 0 bridgehead atoms. The van der Waals surface area contributed by atoms with E-state index < -0.39 is 0 Å². The molecule has 0 aliphatic rings. The first-order chi connectivity index (χ1) is 14.5. The third-order valence-corrected chi connectivity index (χ3v) is 6.06. The highest BCUT2D eigenvalue weighted by Crippen LogP contribution is 2.19. The summed E-state index contributed by atoms with van der Waals surface area (Å²) in [4.78, 5) is 13.4. The lowest BCUT2D eigenvalue weighted by Crippen LogP contribution is -2.31. The Hall–Kier alpha value is -3.93. The van der Waals surface area contributed by atoms with E-state index in [9.17, 15) is 15.3 Å². The molecule has 4 nitrogen and oxygen atoms in total. The second-order valence-electron chi connectivity index (χ2n) is 7.01. The quantitative estimate of drug-likeness (QED) is 0.509. The van der Waals surface area contributed by atoms with Crippen molar-refractivity contribution in [2.24, 2.45) is 0 Å². The van der Waals surface area contributed by atoms with E-state index in [4.69, 9.17) is 0 Å². The van der Waals surface area contributed by atoms with Gasteiger partial charge in [-0.1, -0.05) is 60.2 Å². The van der Waals surface area contributed by atoms with E-state index in [0.717, 1.165) is 27.5 Å². The van der Waals surface area contributed by atoms with Crippen LogP contribution < -0.4 is 14.8 Å². The highest BCUT2D eigenvalue weighted by atomic mass is 32.1. The molecular formula is C25H17N3OS. The van der Waals surface area contributed by atoms with Crippen LogP contribution in [0.15, 0.2) is 65.5 Å². The van der Waals surface area contributed by atoms with E-state index in [0.29, 0.717) is 14.9 Å². The summed E-state index contributed by atoms with van der Waals surface area (Å²) >= 11 is 1.17. The SMILES string of the molecule is Cc1ccc(-n2c(=C(C#N)C#N)s/c(=C/c3cccc4ccccc34)c2=O)c(C)c1. The number of hydrogen-bond donors (Lipinski definition) is 0. The smallest absolute Gasteiger partial charge is 0.267 e. The minimum atomic E-state index is -0.238. The first kappa shape index (κ1) is 19.4. The molecule has 30 heavy (non-hydrogen) atoms. The van der Waals surface area contributed by atoms with Crippen molar-refractivity contribution in [3.63, 3.8) is 0 Å². The number of rotatable bonds is 2. The van der Waals surface area contributed by atoms with Crippen LogP contribution in [0.2, 0.25) is 0 Å². The number of fused-ring (bicyclic) bond motifs is 1. The maximum absolute atomic E-state index is 13.4.